The van der Waals surface area contributed by atoms with E-state index < -0.39 is 0 Å². The number of nitrogens with zero attached hydrogens (tertiary/aromatic N) is 3. The van der Waals surface area contributed by atoms with Gasteiger partial charge in [0.15, 0.2) is 0 Å². The molecule has 3 aromatic heterocycles. The maximum atomic E-state index is 4.64. The summed E-state index contributed by atoms with van der Waals surface area (Å²) in [6, 6.07) is 12.9. The number of thiophene rings is 1. The summed E-state index contributed by atoms with van der Waals surface area (Å²) in [5.74, 6) is 1.79. The van der Waals surface area contributed by atoms with Gasteiger partial charge in [-0.25, -0.2) is 9.97 Å². The Morgan fingerprint density at radius 1 is 1.17 bits per heavy atom. The van der Waals surface area contributed by atoms with Crippen LogP contribution in [0.3, 0.4) is 0 Å². The van der Waals surface area contributed by atoms with Gasteiger partial charge in [-0.3, -0.25) is 0 Å². The number of hydrogen-bond acceptors (Lipinski definition) is 4. The number of thioether (sulfide) groups is 1. The van der Waals surface area contributed by atoms with Crippen LogP contribution in [-0.2, 0) is 12.3 Å². The lowest BCUT2D eigenvalue weighted by Gasteiger charge is -2.06. The fourth-order valence-electron chi connectivity index (χ4n) is 3.06. The van der Waals surface area contributed by atoms with Crippen LogP contribution in [0.25, 0.3) is 21.1 Å². The Labute approximate surface area is 148 Å². The van der Waals surface area contributed by atoms with Gasteiger partial charge in [0.2, 0.25) is 0 Å². The summed E-state index contributed by atoms with van der Waals surface area (Å²) < 4.78 is 3.66. The van der Waals surface area contributed by atoms with Crippen LogP contribution in [0.4, 0.5) is 0 Å². The molecule has 3 heterocycles. The molecule has 5 rings (SSSR count). The Hall–Kier alpha value is -1.85. The minimum atomic E-state index is 0.836. The van der Waals surface area contributed by atoms with Crippen molar-refractivity contribution >= 4 is 44.2 Å². The highest BCUT2D eigenvalue weighted by Gasteiger charge is 2.23. The smallest absolute Gasteiger partial charge is 0.122 e. The predicted molar refractivity (Wildman–Crippen MR) is 102 cm³/mol. The topological polar surface area (TPSA) is 30.7 Å². The molecule has 0 spiro atoms. The molecule has 1 aliphatic rings. The maximum Gasteiger partial charge on any atom is 0.122 e. The van der Waals surface area contributed by atoms with Crippen LogP contribution in [0.2, 0.25) is 0 Å². The average molecular weight is 352 g/mol. The van der Waals surface area contributed by atoms with Gasteiger partial charge in [0, 0.05) is 28.1 Å². The first-order valence-corrected chi connectivity index (χ1v) is 10.1. The monoisotopic (exact) mass is 351 g/mol. The molecule has 0 aliphatic heterocycles. The summed E-state index contributed by atoms with van der Waals surface area (Å²) in [5.41, 5.74) is 2.26. The average Bonchev–Trinajstić information content (AvgIpc) is 3.17. The molecule has 1 aromatic carbocycles. The molecule has 0 bridgehead atoms. The number of aromatic nitrogens is 3. The van der Waals surface area contributed by atoms with E-state index in [1.54, 1.807) is 0 Å². The zero-order valence-electron chi connectivity index (χ0n) is 13.2. The summed E-state index contributed by atoms with van der Waals surface area (Å²) in [7, 11) is 0. The van der Waals surface area contributed by atoms with E-state index in [1.807, 2.05) is 41.7 Å². The summed E-state index contributed by atoms with van der Waals surface area (Å²) in [6.45, 7) is 1.08. The lowest BCUT2D eigenvalue weighted by Crippen LogP contribution is -1.99. The van der Waals surface area contributed by atoms with E-state index in [0.29, 0.717) is 0 Å². The Morgan fingerprint density at radius 2 is 2.08 bits per heavy atom. The van der Waals surface area contributed by atoms with E-state index in [-0.39, 0.29) is 0 Å². The van der Waals surface area contributed by atoms with E-state index in [0.717, 1.165) is 28.8 Å². The van der Waals surface area contributed by atoms with Gasteiger partial charge in [-0.05, 0) is 42.3 Å². The largest absolute Gasteiger partial charge is 0.328 e. The van der Waals surface area contributed by atoms with Gasteiger partial charge >= 0.3 is 0 Å². The molecular weight excluding hydrogens is 334 g/mol. The molecule has 24 heavy (non-hydrogen) atoms. The van der Waals surface area contributed by atoms with Crippen molar-refractivity contribution in [3.05, 3.63) is 53.8 Å². The van der Waals surface area contributed by atoms with E-state index >= 15 is 0 Å². The lowest BCUT2D eigenvalue weighted by atomic mass is 10.2. The van der Waals surface area contributed by atoms with Crippen molar-refractivity contribution in [2.45, 2.75) is 30.2 Å². The van der Waals surface area contributed by atoms with Gasteiger partial charge in [-0.1, -0.05) is 30.0 Å². The molecule has 0 atom stereocenters. The highest BCUT2D eigenvalue weighted by atomic mass is 32.2. The van der Waals surface area contributed by atoms with Crippen LogP contribution in [-0.4, -0.2) is 14.5 Å². The highest BCUT2D eigenvalue weighted by Crippen LogP contribution is 2.35. The van der Waals surface area contributed by atoms with Gasteiger partial charge in [-0.2, -0.15) is 0 Å². The van der Waals surface area contributed by atoms with Crippen molar-refractivity contribution in [1.82, 2.24) is 14.5 Å². The number of rotatable bonds is 5. The molecular formula is C19H17N3S2. The molecule has 5 heteroatoms. The minimum absolute atomic E-state index is 0.836. The van der Waals surface area contributed by atoms with Crippen molar-refractivity contribution in [3.63, 3.8) is 0 Å². The van der Waals surface area contributed by atoms with E-state index in [4.69, 9.17) is 0 Å². The van der Waals surface area contributed by atoms with Crippen molar-refractivity contribution in [1.29, 1.82) is 0 Å². The quantitative estimate of drug-likeness (QED) is 0.454. The molecule has 0 amide bonds. The first-order valence-electron chi connectivity index (χ1n) is 8.27. The van der Waals surface area contributed by atoms with Crippen LogP contribution >= 0.6 is 23.1 Å². The summed E-state index contributed by atoms with van der Waals surface area (Å²) >= 11 is 3.70. The lowest BCUT2D eigenvalue weighted by molar-refractivity contribution is 0.638. The van der Waals surface area contributed by atoms with E-state index in [1.165, 1.54) is 33.3 Å². The predicted octanol–water partition coefficient (Wildman–Crippen LogP) is 5.35. The maximum absolute atomic E-state index is 4.64. The Bertz CT molecular complexity index is 981. The Morgan fingerprint density at radius 3 is 2.96 bits per heavy atom. The second-order valence-electron chi connectivity index (χ2n) is 6.36. The molecule has 1 saturated carbocycles. The van der Waals surface area contributed by atoms with Crippen molar-refractivity contribution in [3.8, 4) is 0 Å². The number of hydrogen-bond donors (Lipinski definition) is 0. The first-order chi connectivity index (χ1) is 11.9. The number of benzene rings is 1. The molecule has 0 radical (unpaired) electrons. The van der Waals surface area contributed by atoms with Crippen LogP contribution < -0.4 is 0 Å². The van der Waals surface area contributed by atoms with Crippen molar-refractivity contribution in [2.75, 3.05) is 0 Å². The number of pyridine rings is 1. The molecule has 0 unspecified atom stereocenters. The summed E-state index contributed by atoms with van der Waals surface area (Å²) in [4.78, 5) is 10.6. The normalized spacial score (nSPS) is 14.7. The third kappa shape index (κ3) is 2.72. The van der Waals surface area contributed by atoms with Gasteiger partial charge in [0.25, 0.3) is 0 Å². The number of imidazole rings is 1. The third-order valence-corrected chi connectivity index (χ3v) is 6.80. The van der Waals surface area contributed by atoms with E-state index in [9.17, 15) is 0 Å². The van der Waals surface area contributed by atoms with Crippen molar-refractivity contribution < 1.29 is 0 Å². The van der Waals surface area contributed by atoms with Crippen LogP contribution in [0, 0.1) is 5.92 Å². The summed E-state index contributed by atoms with van der Waals surface area (Å²) in [6.07, 6.45) is 6.56. The van der Waals surface area contributed by atoms with Crippen LogP contribution in [0.5, 0.6) is 0 Å². The van der Waals surface area contributed by atoms with Gasteiger partial charge in [0.1, 0.15) is 10.5 Å². The second-order valence-corrected chi connectivity index (χ2v) is 8.50. The highest BCUT2D eigenvalue weighted by molar-refractivity contribution is 7.98. The third-order valence-electron chi connectivity index (χ3n) is 4.47. The molecule has 120 valence electrons. The molecule has 4 aromatic rings. The zero-order chi connectivity index (χ0) is 15.9. The Balaban J connectivity index is 1.44. The van der Waals surface area contributed by atoms with Crippen LogP contribution in [0.15, 0.2) is 53.9 Å². The minimum Gasteiger partial charge on any atom is -0.328 e. The van der Waals surface area contributed by atoms with Gasteiger partial charge < -0.3 is 4.57 Å². The molecule has 0 saturated heterocycles. The zero-order valence-corrected chi connectivity index (χ0v) is 14.8. The fraction of sp³-hybridized carbons (Fsp3) is 0.263. The molecule has 1 fully saturated rings. The van der Waals surface area contributed by atoms with Gasteiger partial charge in [0.05, 0.1) is 11.8 Å². The SMILES string of the molecule is c1ccc2sc(CSc3nccc4ncn(CC5CC5)c34)cc2c1. The number of fused-ring (bicyclic) bond motifs is 2. The van der Waals surface area contributed by atoms with E-state index in [2.05, 4.69) is 44.9 Å². The first kappa shape index (κ1) is 14.5. The molecule has 1 aliphatic carbocycles. The van der Waals surface area contributed by atoms with Crippen LogP contribution in [0.1, 0.15) is 17.7 Å². The fourth-order valence-corrected chi connectivity index (χ4v) is 5.19. The second kappa shape index (κ2) is 5.90. The molecule has 0 N–H and O–H groups in total. The summed E-state index contributed by atoms with van der Waals surface area (Å²) in [5, 5.41) is 2.44. The standard InChI is InChI=1S/C19H17N3S2/c1-2-4-17-14(3-1)9-15(24-17)11-23-19-18-16(7-8-20-19)21-12-22(18)10-13-5-6-13/h1-4,7-9,12-13H,5-6,10-11H2. The molecule has 3 nitrogen and oxygen atoms in total. The van der Waals surface area contributed by atoms with Gasteiger partial charge in [-0.15, -0.1) is 11.3 Å². The Kier molecular flexibility index (Phi) is 3.56. The van der Waals surface area contributed by atoms with Crippen molar-refractivity contribution in [2.24, 2.45) is 5.92 Å².